The van der Waals surface area contributed by atoms with Crippen LogP contribution in [0.3, 0.4) is 0 Å². The van der Waals surface area contributed by atoms with Crippen molar-refractivity contribution in [3.8, 4) is 0 Å². The SMILES string of the molecule is CC(C)C(C(=O)NCCc1ccc(S(=O)(=O)NC2CCCC2)cc1)N1C(=O)c2ccccc2C1=O. The average molecular weight is 498 g/mol. The van der Waals surface area contributed by atoms with Gasteiger partial charge in [0.1, 0.15) is 6.04 Å². The van der Waals surface area contributed by atoms with Gasteiger partial charge < -0.3 is 5.32 Å². The number of hydrogen-bond donors (Lipinski definition) is 2. The Hall–Kier alpha value is -3.04. The van der Waals surface area contributed by atoms with Crippen LogP contribution in [0, 0.1) is 5.92 Å². The Morgan fingerprint density at radius 2 is 1.54 bits per heavy atom. The van der Waals surface area contributed by atoms with Crippen molar-refractivity contribution in [2.45, 2.75) is 62.9 Å². The maximum Gasteiger partial charge on any atom is 0.262 e. The van der Waals surface area contributed by atoms with Gasteiger partial charge in [0.2, 0.25) is 15.9 Å². The molecule has 2 aromatic carbocycles. The summed E-state index contributed by atoms with van der Waals surface area (Å²) in [6.45, 7) is 3.89. The first-order valence-electron chi connectivity index (χ1n) is 12.0. The number of carbonyl (C=O) groups is 3. The first-order valence-corrected chi connectivity index (χ1v) is 13.5. The van der Waals surface area contributed by atoms with E-state index in [1.807, 2.05) is 0 Å². The molecule has 1 heterocycles. The Bertz CT molecular complexity index is 1180. The Kier molecular flexibility index (Phi) is 7.37. The van der Waals surface area contributed by atoms with Crippen molar-refractivity contribution in [2.75, 3.05) is 6.54 Å². The number of sulfonamides is 1. The predicted octanol–water partition coefficient (Wildman–Crippen LogP) is 2.89. The van der Waals surface area contributed by atoms with Gasteiger partial charge in [-0.15, -0.1) is 0 Å². The second-order valence-electron chi connectivity index (χ2n) is 9.50. The summed E-state index contributed by atoms with van der Waals surface area (Å²) in [5.74, 6) is -1.58. The highest BCUT2D eigenvalue weighted by Gasteiger charge is 2.43. The largest absolute Gasteiger partial charge is 0.354 e. The van der Waals surface area contributed by atoms with Crippen LogP contribution >= 0.6 is 0 Å². The molecule has 0 saturated heterocycles. The molecule has 0 aromatic heterocycles. The maximum absolute atomic E-state index is 13.0. The lowest BCUT2D eigenvalue weighted by atomic mass is 10.0. The van der Waals surface area contributed by atoms with E-state index in [9.17, 15) is 22.8 Å². The summed E-state index contributed by atoms with van der Waals surface area (Å²) in [6, 6.07) is 12.3. The zero-order valence-electron chi connectivity index (χ0n) is 20.0. The summed E-state index contributed by atoms with van der Waals surface area (Å²) in [5.41, 5.74) is 1.49. The van der Waals surface area contributed by atoms with Crippen LogP contribution in [0.15, 0.2) is 53.4 Å². The molecule has 3 amide bonds. The lowest BCUT2D eigenvalue weighted by Crippen LogP contribution is -2.52. The van der Waals surface area contributed by atoms with E-state index in [1.165, 1.54) is 0 Å². The van der Waals surface area contributed by atoms with Crippen molar-refractivity contribution < 1.29 is 22.8 Å². The molecule has 35 heavy (non-hydrogen) atoms. The highest BCUT2D eigenvalue weighted by atomic mass is 32.2. The van der Waals surface area contributed by atoms with Gasteiger partial charge in [-0.3, -0.25) is 19.3 Å². The van der Waals surface area contributed by atoms with E-state index in [-0.39, 0.29) is 23.4 Å². The van der Waals surface area contributed by atoms with Crippen LogP contribution in [0.2, 0.25) is 0 Å². The number of fused-ring (bicyclic) bond motifs is 1. The van der Waals surface area contributed by atoms with Crippen LogP contribution in [0.25, 0.3) is 0 Å². The van der Waals surface area contributed by atoms with Crippen molar-refractivity contribution >= 4 is 27.7 Å². The van der Waals surface area contributed by atoms with E-state index in [4.69, 9.17) is 0 Å². The Labute approximate surface area is 206 Å². The van der Waals surface area contributed by atoms with Crippen LogP contribution in [0.4, 0.5) is 0 Å². The van der Waals surface area contributed by atoms with E-state index in [0.717, 1.165) is 36.1 Å². The number of hydrogen-bond acceptors (Lipinski definition) is 5. The van der Waals surface area contributed by atoms with Crippen molar-refractivity contribution in [2.24, 2.45) is 5.92 Å². The predicted molar refractivity (Wildman–Crippen MR) is 131 cm³/mol. The molecule has 1 aliphatic carbocycles. The second-order valence-corrected chi connectivity index (χ2v) is 11.2. The van der Waals surface area contributed by atoms with Gasteiger partial charge in [0, 0.05) is 12.6 Å². The summed E-state index contributed by atoms with van der Waals surface area (Å²) in [5, 5.41) is 2.83. The molecule has 8 nitrogen and oxygen atoms in total. The molecule has 2 aliphatic rings. The van der Waals surface area contributed by atoms with Gasteiger partial charge in [0.25, 0.3) is 11.8 Å². The first-order chi connectivity index (χ1) is 16.7. The van der Waals surface area contributed by atoms with Crippen LogP contribution in [-0.2, 0) is 21.2 Å². The molecule has 0 bridgehead atoms. The van der Waals surface area contributed by atoms with Gasteiger partial charge in [0.15, 0.2) is 0 Å². The van der Waals surface area contributed by atoms with E-state index in [2.05, 4.69) is 10.0 Å². The van der Waals surface area contributed by atoms with Gasteiger partial charge in [0.05, 0.1) is 16.0 Å². The minimum absolute atomic E-state index is 0.00551. The van der Waals surface area contributed by atoms with E-state index in [1.54, 1.807) is 62.4 Å². The molecule has 1 fully saturated rings. The van der Waals surface area contributed by atoms with Crippen LogP contribution in [-0.4, -0.2) is 49.7 Å². The number of nitrogens with zero attached hydrogens (tertiary/aromatic N) is 1. The fourth-order valence-electron chi connectivity index (χ4n) is 4.78. The smallest absolute Gasteiger partial charge is 0.262 e. The molecule has 186 valence electrons. The topological polar surface area (TPSA) is 113 Å². The third-order valence-corrected chi connectivity index (χ3v) is 8.16. The van der Waals surface area contributed by atoms with Crippen molar-refractivity contribution in [1.29, 1.82) is 0 Å². The van der Waals surface area contributed by atoms with Crippen LogP contribution < -0.4 is 10.0 Å². The standard InChI is InChI=1S/C26H31N3O5S/c1-17(2)23(29-25(31)21-9-5-6-10-22(21)26(29)32)24(30)27-16-15-18-11-13-20(14-12-18)35(33,34)28-19-7-3-4-8-19/h5-6,9-14,17,19,23,28H,3-4,7-8,15-16H2,1-2H3,(H,27,30). The molecule has 1 atom stereocenters. The summed E-state index contributed by atoms with van der Waals surface area (Å²) in [4.78, 5) is 40.0. The lowest BCUT2D eigenvalue weighted by molar-refractivity contribution is -0.126. The van der Waals surface area contributed by atoms with Gasteiger partial charge in [-0.2, -0.15) is 0 Å². The van der Waals surface area contributed by atoms with Gasteiger partial charge in [-0.1, -0.05) is 51.0 Å². The average Bonchev–Trinajstić information content (AvgIpc) is 3.41. The second kappa shape index (κ2) is 10.3. The van der Waals surface area contributed by atoms with E-state index in [0.29, 0.717) is 17.5 Å². The monoisotopic (exact) mass is 497 g/mol. The Balaban J connectivity index is 1.35. The molecule has 0 radical (unpaired) electrons. The number of amides is 3. The number of imide groups is 1. The minimum atomic E-state index is -3.55. The summed E-state index contributed by atoms with van der Waals surface area (Å²) in [6.07, 6.45) is 4.31. The van der Waals surface area contributed by atoms with Crippen molar-refractivity contribution in [3.63, 3.8) is 0 Å². The molecular formula is C26H31N3O5S. The maximum atomic E-state index is 13.0. The van der Waals surface area contributed by atoms with Gasteiger partial charge in [-0.05, 0) is 55.0 Å². The molecule has 1 aliphatic heterocycles. The highest BCUT2D eigenvalue weighted by Crippen LogP contribution is 2.27. The third-order valence-electron chi connectivity index (χ3n) is 6.63. The summed E-state index contributed by atoms with van der Waals surface area (Å²) < 4.78 is 27.9. The van der Waals surface area contributed by atoms with Crippen molar-refractivity contribution in [3.05, 3.63) is 65.2 Å². The molecule has 1 unspecified atom stereocenters. The number of carbonyl (C=O) groups excluding carboxylic acids is 3. The molecule has 2 N–H and O–H groups in total. The van der Waals surface area contributed by atoms with E-state index >= 15 is 0 Å². The van der Waals surface area contributed by atoms with Crippen LogP contribution in [0.1, 0.15) is 65.8 Å². The van der Waals surface area contributed by atoms with Gasteiger partial charge >= 0.3 is 0 Å². The Morgan fingerprint density at radius 1 is 0.971 bits per heavy atom. The van der Waals surface area contributed by atoms with Crippen molar-refractivity contribution in [1.82, 2.24) is 14.9 Å². The minimum Gasteiger partial charge on any atom is -0.354 e. The Morgan fingerprint density at radius 3 is 2.09 bits per heavy atom. The zero-order chi connectivity index (χ0) is 25.2. The summed E-state index contributed by atoms with van der Waals surface area (Å²) in [7, 11) is -3.55. The van der Waals surface area contributed by atoms with Crippen LogP contribution in [0.5, 0.6) is 0 Å². The fraction of sp³-hybridized carbons (Fsp3) is 0.423. The molecule has 2 aromatic rings. The molecule has 9 heteroatoms. The number of benzene rings is 2. The van der Waals surface area contributed by atoms with Gasteiger partial charge in [-0.25, -0.2) is 13.1 Å². The first kappa shape index (κ1) is 25.1. The fourth-order valence-corrected chi connectivity index (χ4v) is 6.08. The normalized spacial score (nSPS) is 17.2. The number of nitrogens with one attached hydrogen (secondary N) is 2. The molecule has 1 saturated carbocycles. The number of rotatable bonds is 9. The highest BCUT2D eigenvalue weighted by molar-refractivity contribution is 7.89. The summed E-state index contributed by atoms with van der Waals surface area (Å²) >= 11 is 0. The lowest BCUT2D eigenvalue weighted by Gasteiger charge is -2.28. The quantitative estimate of drug-likeness (QED) is 0.518. The zero-order valence-corrected chi connectivity index (χ0v) is 20.8. The van der Waals surface area contributed by atoms with E-state index < -0.39 is 33.8 Å². The molecule has 4 rings (SSSR count). The third kappa shape index (κ3) is 5.31. The molecular weight excluding hydrogens is 466 g/mol. The molecule has 0 spiro atoms.